The van der Waals surface area contributed by atoms with Crippen molar-refractivity contribution in [1.82, 2.24) is 0 Å². The molecule has 0 fully saturated rings. The molecule has 25 heavy (non-hydrogen) atoms. The number of aryl methyl sites for hydroxylation is 1. The van der Waals surface area contributed by atoms with Crippen molar-refractivity contribution in [3.05, 3.63) is 65.7 Å². The second-order valence-electron chi connectivity index (χ2n) is 7.09. The highest BCUT2D eigenvalue weighted by Crippen LogP contribution is 2.31. The van der Waals surface area contributed by atoms with Crippen molar-refractivity contribution in [2.75, 3.05) is 6.61 Å². The first-order valence-corrected chi connectivity index (χ1v) is 9.78. The van der Waals surface area contributed by atoms with Crippen LogP contribution in [0.15, 0.2) is 54.6 Å². The molecule has 1 nitrogen and oxygen atoms in total. The van der Waals surface area contributed by atoms with Gasteiger partial charge in [0.25, 0.3) is 0 Å². The van der Waals surface area contributed by atoms with Crippen LogP contribution in [0.3, 0.4) is 0 Å². The van der Waals surface area contributed by atoms with Crippen LogP contribution in [0.25, 0.3) is 11.1 Å². The average molecular weight is 335 g/mol. The number of rotatable bonds is 7. The first-order valence-electron chi connectivity index (χ1n) is 9.78. The lowest BCUT2D eigenvalue weighted by Gasteiger charge is -2.23. The Morgan fingerprint density at radius 1 is 1.00 bits per heavy atom. The van der Waals surface area contributed by atoms with Crippen molar-refractivity contribution in [3.8, 4) is 16.9 Å². The lowest BCUT2D eigenvalue weighted by Crippen LogP contribution is -2.12. The number of hydrogen-bond acceptors (Lipinski definition) is 1. The maximum atomic E-state index is 5.82. The van der Waals surface area contributed by atoms with E-state index >= 15 is 0 Å². The summed E-state index contributed by atoms with van der Waals surface area (Å²) in [5.74, 6) is 1.69. The Bertz CT molecular complexity index is 697. The van der Waals surface area contributed by atoms with Crippen LogP contribution in [0.1, 0.15) is 50.7 Å². The third kappa shape index (κ3) is 4.75. The largest absolute Gasteiger partial charge is 0.494 e. The maximum Gasteiger partial charge on any atom is 0.119 e. The third-order valence-corrected chi connectivity index (χ3v) is 5.14. The number of unbranched alkanes of at least 4 members (excludes halogenated alkanes) is 2. The van der Waals surface area contributed by atoms with E-state index in [2.05, 4.69) is 68.5 Å². The van der Waals surface area contributed by atoms with Crippen LogP contribution in [0.2, 0.25) is 0 Å². The fourth-order valence-corrected chi connectivity index (χ4v) is 3.68. The zero-order chi connectivity index (χ0) is 17.5. The maximum absolute atomic E-state index is 5.82. The summed E-state index contributed by atoms with van der Waals surface area (Å²) in [6.07, 6.45) is 11.8. The number of allylic oxidation sites excluding steroid dienone is 2. The Morgan fingerprint density at radius 3 is 2.56 bits per heavy atom. The first-order chi connectivity index (χ1) is 12.3. The lowest BCUT2D eigenvalue weighted by atomic mass is 9.82. The number of fused-ring (bicyclic) bond motifs is 1. The summed E-state index contributed by atoms with van der Waals surface area (Å²) in [4.78, 5) is 0. The molecule has 1 atom stereocenters. The highest BCUT2D eigenvalue weighted by Gasteiger charge is 2.16. The molecule has 3 rings (SSSR count). The van der Waals surface area contributed by atoms with Crippen molar-refractivity contribution in [1.29, 1.82) is 0 Å². The van der Waals surface area contributed by atoms with Crippen molar-refractivity contribution in [2.24, 2.45) is 5.92 Å². The van der Waals surface area contributed by atoms with Gasteiger partial charge >= 0.3 is 0 Å². The second-order valence-corrected chi connectivity index (χ2v) is 7.09. The Hall–Kier alpha value is -2.02. The molecule has 132 valence electrons. The van der Waals surface area contributed by atoms with Gasteiger partial charge in [0.15, 0.2) is 0 Å². The molecule has 0 saturated heterocycles. The fraction of sp³-hybridized carbons (Fsp3) is 0.417. The molecule has 0 bridgehead atoms. The first kappa shape index (κ1) is 17.8. The Balaban J connectivity index is 1.66. The van der Waals surface area contributed by atoms with E-state index in [-0.39, 0.29) is 0 Å². The summed E-state index contributed by atoms with van der Waals surface area (Å²) in [5.41, 5.74) is 5.65. The second kappa shape index (κ2) is 8.89. The van der Waals surface area contributed by atoms with Gasteiger partial charge in [0, 0.05) is 0 Å². The number of ether oxygens (including phenoxy) is 1. The molecule has 0 heterocycles. The van der Waals surface area contributed by atoms with Gasteiger partial charge < -0.3 is 4.74 Å². The van der Waals surface area contributed by atoms with Crippen LogP contribution in [-0.2, 0) is 12.8 Å². The normalized spacial score (nSPS) is 16.8. The molecule has 0 aliphatic heterocycles. The summed E-state index contributed by atoms with van der Waals surface area (Å²) in [5, 5.41) is 0. The Morgan fingerprint density at radius 2 is 1.80 bits per heavy atom. The molecule has 1 aliphatic carbocycles. The average Bonchev–Trinajstić information content (AvgIpc) is 2.66. The van der Waals surface area contributed by atoms with Gasteiger partial charge in [-0.2, -0.15) is 0 Å². The van der Waals surface area contributed by atoms with E-state index < -0.39 is 0 Å². The van der Waals surface area contributed by atoms with Crippen LogP contribution in [-0.4, -0.2) is 6.61 Å². The smallest absolute Gasteiger partial charge is 0.119 e. The topological polar surface area (TPSA) is 9.23 Å². The van der Waals surface area contributed by atoms with Gasteiger partial charge in [-0.1, -0.05) is 62.2 Å². The third-order valence-electron chi connectivity index (χ3n) is 5.14. The zero-order valence-corrected chi connectivity index (χ0v) is 15.6. The summed E-state index contributed by atoms with van der Waals surface area (Å²) in [6.45, 7) is 5.16. The van der Waals surface area contributed by atoms with Crippen LogP contribution >= 0.6 is 0 Å². The van der Waals surface area contributed by atoms with Gasteiger partial charge in [-0.3, -0.25) is 0 Å². The SMILES string of the molecule is C/C=C/C1CCc2cc(-c3ccc(OCCCCC)cc3)ccc2C1. The van der Waals surface area contributed by atoms with Crippen LogP contribution in [0.4, 0.5) is 0 Å². The summed E-state index contributed by atoms with van der Waals surface area (Å²) >= 11 is 0. The summed E-state index contributed by atoms with van der Waals surface area (Å²) in [7, 11) is 0. The van der Waals surface area contributed by atoms with Crippen molar-refractivity contribution in [3.63, 3.8) is 0 Å². The summed E-state index contributed by atoms with van der Waals surface area (Å²) < 4.78 is 5.82. The molecule has 0 radical (unpaired) electrons. The van der Waals surface area contributed by atoms with Gasteiger partial charge in [-0.05, 0) is 72.9 Å². The van der Waals surface area contributed by atoms with Gasteiger partial charge in [-0.15, -0.1) is 0 Å². The molecular formula is C24H30O. The van der Waals surface area contributed by atoms with Crippen molar-refractivity contribution < 1.29 is 4.74 Å². The molecular weight excluding hydrogens is 304 g/mol. The molecule has 1 heteroatoms. The highest BCUT2D eigenvalue weighted by atomic mass is 16.5. The minimum atomic E-state index is 0.715. The van der Waals surface area contributed by atoms with Crippen LogP contribution in [0, 0.1) is 5.92 Å². The predicted molar refractivity (Wildman–Crippen MR) is 107 cm³/mol. The standard InChI is InChI=1S/C24H30O/c1-3-5-6-16-25-24-14-12-20(13-15-24)22-11-10-21-17-19(7-4-2)8-9-23(21)18-22/h4,7,10-15,18-19H,3,5-6,8-9,16-17H2,1-2H3/b7-4+. The Kier molecular flexibility index (Phi) is 6.33. The molecule has 0 aromatic heterocycles. The molecule has 1 aliphatic rings. The van der Waals surface area contributed by atoms with Crippen molar-refractivity contribution >= 4 is 0 Å². The number of benzene rings is 2. The molecule has 2 aromatic carbocycles. The van der Waals surface area contributed by atoms with E-state index in [1.54, 1.807) is 0 Å². The predicted octanol–water partition coefficient (Wildman–Crippen LogP) is 6.60. The molecule has 0 amide bonds. The van der Waals surface area contributed by atoms with Crippen molar-refractivity contribution in [2.45, 2.75) is 52.4 Å². The van der Waals surface area contributed by atoms with Crippen LogP contribution < -0.4 is 4.74 Å². The van der Waals surface area contributed by atoms with Gasteiger partial charge in [0.2, 0.25) is 0 Å². The van der Waals surface area contributed by atoms with E-state index in [9.17, 15) is 0 Å². The highest BCUT2D eigenvalue weighted by molar-refractivity contribution is 5.66. The monoisotopic (exact) mass is 334 g/mol. The van der Waals surface area contributed by atoms with E-state index in [1.165, 1.54) is 54.4 Å². The molecule has 0 saturated carbocycles. The molecule has 1 unspecified atom stereocenters. The van der Waals surface area contributed by atoms with Gasteiger partial charge in [0.1, 0.15) is 5.75 Å². The van der Waals surface area contributed by atoms with Gasteiger partial charge in [-0.25, -0.2) is 0 Å². The van der Waals surface area contributed by atoms with E-state index in [0.29, 0.717) is 5.92 Å². The van der Waals surface area contributed by atoms with E-state index in [4.69, 9.17) is 4.74 Å². The zero-order valence-electron chi connectivity index (χ0n) is 15.6. The van der Waals surface area contributed by atoms with E-state index in [1.807, 2.05) is 0 Å². The fourth-order valence-electron chi connectivity index (χ4n) is 3.68. The van der Waals surface area contributed by atoms with Gasteiger partial charge in [0.05, 0.1) is 6.61 Å². The quantitative estimate of drug-likeness (QED) is 0.409. The lowest BCUT2D eigenvalue weighted by molar-refractivity contribution is 0.306. The van der Waals surface area contributed by atoms with E-state index in [0.717, 1.165) is 18.8 Å². The number of hydrogen-bond donors (Lipinski definition) is 0. The molecule has 0 spiro atoms. The minimum Gasteiger partial charge on any atom is -0.494 e. The Labute approximate surface area is 152 Å². The molecule has 0 N–H and O–H groups in total. The summed E-state index contributed by atoms with van der Waals surface area (Å²) in [6, 6.07) is 15.6. The minimum absolute atomic E-state index is 0.715. The molecule has 2 aromatic rings. The van der Waals surface area contributed by atoms with Crippen LogP contribution in [0.5, 0.6) is 5.75 Å².